The molecule has 1 heterocycles. The van der Waals surface area contributed by atoms with Crippen LogP contribution in [-0.4, -0.2) is 89.6 Å². The van der Waals surface area contributed by atoms with Crippen molar-refractivity contribution in [3.8, 4) is 0 Å². The monoisotopic (exact) mass is 971 g/mol. The molecule has 4 N–H and O–H groups in total. The molecule has 1 rings (SSSR count). The second-order valence-electron chi connectivity index (χ2n) is 19.4. The molecule has 9 nitrogen and oxygen atoms in total. The summed E-state index contributed by atoms with van der Waals surface area (Å²) in [5.74, 6) is -0.353. The minimum atomic E-state index is -1.55. The predicted molar refractivity (Wildman–Crippen MR) is 288 cm³/mol. The number of rotatable bonds is 49. The van der Waals surface area contributed by atoms with Crippen molar-refractivity contribution in [1.29, 1.82) is 0 Å². The smallest absolute Gasteiger partial charge is 0.306 e. The van der Waals surface area contributed by atoms with Gasteiger partial charge in [-0.2, -0.15) is 0 Å². The summed E-state index contributed by atoms with van der Waals surface area (Å²) >= 11 is 0. The van der Waals surface area contributed by atoms with Crippen molar-refractivity contribution in [2.75, 3.05) is 26.4 Å². The zero-order valence-corrected chi connectivity index (χ0v) is 44.3. The van der Waals surface area contributed by atoms with Crippen LogP contribution in [-0.2, 0) is 23.7 Å². The highest BCUT2D eigenvalue weighted by Gasteiger charge is 2.44. The van der Waals surface area contributed by atoms with E-state index >= 15 is 0 Å². The van der Waals surface area contributed by atoms with Crippen molar-refractivity contribution in [3.63, 3.8) is 0 Å². The van der Waals surface area contributed by atoms with Gasteiger partial charge in [-0.1, -0.05) is 241 Å². The highest BCUT2D eigenvalue weighted by Crippen LogP contribution is 2.23. The molecule has 0 aromatic heterocycles. The van der Waals surface area contributed by atoms with Crippen LogP contribution >= 0.6 is 0 Å². The van der Waals surface area contributed by atoms with Crippen molar-refractivity contribution in [2.45, 2.75) is 275 Å². The van der Waals surface area contributed by atoms with Crippen molar-refractivity contribution >= 4 is 5.97 Å². The molecule has 0 spiro atoms. The van der Waals surface area contributed by atoms with Gasteiger partial charge in [-0.15, -0.1) is 0 Å². The van der Waals surface area contributed by atoms with E-state index in [1.54, 1.807) is 0 Å². The van der Waals surface area contributed by atoms with Gasteiger partial charge in [0, 0.05) is 13.0 Å². The molecular weight excluding hydrogens is 865 g/mol. The lowest BCUT2D eigenvalue weighted by Crippen LogP contribution is -2.59. The Kier molecular flexibility index (Phi) is 47.4. The van der Waals surface area contributed by atoms with Crippen LogP contribution in [0.1, 0.15) is 239 Å². The maximum atomic E-state index is 12.9. The summed E-state index contributed by atoms with van der Waals surface area (Å²) in [5.41, 5.74) is 0. The Morgan fingerprint density at radius 1 is 0.478 bits per heavy atom. The number of ether oxygens (including phenoxy) is 4. The summed E-state index contributed by atoms with van der Waals surface area (Å²) < 4.78 is 22.9. The normalized spacial score (nSPS) is 19.5. The highest BCUT2D eigenvalue weighted by atomic mass is 16.7. The van der Waals surface area contributed by atoms with E-state index < -0.39 is 43.4 Å². The van der Waals surface area contributed by atoms with E-state index in [2.05, 4.69) is 86.8 Å². The first-order valence-corrected chi connectivity index (χ1v) is 28.5. The largest absolute Gasteiger partial charge is 0.457 e. The number of hydrogen-bond acceptors (Lipinski definition) is 9. The fourth-order valence-electron chi connectivity index (χ4n) is 8.50. The standard InChI is InChI=1S/C60H106O9/c1-3-5-7-9-11-13-15-17-19-21-23-25-26-27-28-30-32-34-36-38-40-42-44-46-48-50-66-52-54(53-67-60-59(65)58(64)57(63)55(51-61)69-60)68-56(62)49-47-45-43-41-39-37-35-33-31-29-24-22-20-18-16-14-12-10-8-6-4-2/h6,8,12,14,18,20,24,29,33,35,39,41,54-55,57-61,63-65H,3-5,7,9-11,13,15-17,19,21-23,25-28,30-32,34,36-38,40,42-53H2,1-2H3/b8-6-,14-12-,20-18-,29-24-,35-33-,41-39-. The maximum absolute atomic E-state index is 12.9. The molecular formula is C60H106O9. The van der Waals surface area contributed by atoms with Gasteiger partial charge in [-0.3, -0.25) is 4.79 Å². The van der Waals surface area contributed by atoms with E-state index in [0.29, 0.717) is 13.0 Å². The zero-order chi connectivity index (χ0) is 49.9. The molecule has 6 unspecified atom stereocenters. The van der Waals surface area contributed by atoms with Crippen LogP contribution in [0.4, 0.5) is 0 Å². The van der Waals surface area contributed by atoms with Crippen LogP contribution in [0.5, 0.6) is 0 Å². The van der Waals surface area contributed by atoms with Gasteiger partial charge in [0.1, 0.15) is 30.5 Å². The number of hydrogen-bond donors (Lipinski definition) is 4. The van der Waals surface area contributed by atoms with E-state index in [9.17, 15) is 25.2 Å². The van der Waals surface area contributed by atoms with E-state index in [-0.39, 0.29) is 25.6 Å². The Hall–Kier alpha value is -2.37. The molecule has 1 saturated heterocycles. The Balaban J connectivity index is 2.18. The Morgan fingerprint density at radius 3 is 1.30 bits per heavy atom. The molecule has 6 atom stereocenters. The molecule has 1 aliphatic heterocycles. The first kappa shape index (κ1) is 64.6. The van der Waals surface area contributed by atoms with Gasteiger partial charge in [0.2, 0.25) is 0 Å². The molecule has 0 aromatic rings. The molecule has 0 saturated carbocycles. The van der Waals surface area contributed by atoms with Gasteiger partial charge in [-0.05, 0) is 64.2 Å². The van der Waals surface area contributed by atoms with Gasteiger partial charge < -0.3 is 39.4 Å². The molecule has 69 heavy (non-hydrogen) atoms. The molecule has 0 aromatic carbocycles. The number of aliphatic hydroxyl groups is 4. The molecule has 0 bridgehead atoms. The van der Waals surface area contributed by atoms with Crippen molar-refractivity contribution < 1.29 is 44.2 Å². The van der Waals surface area contributed by atoms with E-state index in [1.165, 1.54) is 148 Å². The van der Waals surface area contributed by atoms with Crippen LogP contribution < -0.4 is 0 Å². The van der Waals surface area contributed by atoms with Crippen LogP contribution in [0.2, 0.25) is 0 Å². The molecule has 0 aliphatic carbocycles. The minimum Gasteiger partial charge on any atom is -0.457 e. The molecule has 0 amide bonds. The Bertz CT molecular complexity index is 1290. The van der Waals surface area contributed by atoms with Gasteiger partial charge in [0.25, 0.3) is 0 Å². The van der Waals surface area contributed by atoms with E-state index in [0.717, 1.165) is 64.2 Å². The quantitative estimate of drug-likeness (QED) is 0.0267. The summed E-state index contributed by atoms with van der Waals surface area (Å²) in [5, 5.41) is 40.3. The lowest BCUT2D eigenvalue weighted by atomic mass is 9.99. The third-order valence-corrected chi connectivity index (χ3v) is 12.9. The van der Waals surface area contributed by atoms with E-state index in [1.807, 2.05) is 0 Å². The lowest BCUT2D eigenvalue weighted by Gasteiger charge is -2.39. The van der Waals surface area contributed by atoms with Crippen molar-refractivity contribution in [3.05, 3.63) is 72.9 Å². The van der Waals surface area contributed by atoms with Crippen LogP contribution in [0.3, 0.4) is 0 Å². The number of allylic oxidation sites excluding steroid dienone is 12. The van der Waals surface area contributed by atoms with Crippen LogP contribution in [0.15, 0.2) is 72.9 Å². The lowest BCUT2D eigenvalue weighted by molar-refractivity contribution is -0.305. The van der Waals surface area contributed by atoms with Crippen LogP contribution in [0.25, 0.3) is 0 Å². The predicted octanol–water partition coefficient (Wildman–Crippen LogP) is 14.8. The first-order chi connectivity index (χ1) is 33.9. The van der Waals surface area contributed by atoms with E-state index in [4.69, 9.17) is 18.9 Å². The molecule has 9 heteroatoms. The van der Waals surface area contributed by atoms with Crippen molar-refractivity contribution in [1.82, 2.24) is 0 Å². The Labute approximate surface area is 423 Å². The maximum Gasteiger partial charge on any atom is 0.306 e. The molecule has 0 radical (unpaired) electrons. The van der Waals surface area contributed by atoms with Gasteiger partial charge in [0.05, 0.1) is 19.8 Å². The third kappa shape index (κ3) is 40.9. The fourth-order valence-corrected chi connectivity index (χ4v) is 8.50. The topological polar surface area (TPSA) is 135 Å². The Morgan fingerprint density at radius 2 is 0.884 bits per heavy atom. The van der Waals surface area contributed by atoms with Gasteiger partial charge in [0.15, 0.2) is 6.29 Å². The number of esters is 1. The first-order valence-electron chi connectivity index (χ1n) is 28.5. The average Bonchev–Trinajstić information content (AvgIpc) is 3.35. The fraction of sp³-hybridized carbons (Fsp3) is 0.783. The van der Waals surface area contributed by atoms with Gasteiger partial charge >= 0.3 is 5.97 Å². The second kappa shape index (κ2) is 50.6. The van der Waals surface area contributed by atoms with Crippen molar-refractivity contribution in [2.24, 2.45) is 0 Å². The summed E-state index contributed by atoms with van der Waals surface area (Å²) in [7, 11) is 0. The highest BCUT2D eigenvalue weighted by molar-refractivity contribution is 5.69. The number of carbonyl (C=O) groups is 1. The molecule has 1 fully saturated rings. The average molecular weight is 971 g/mol. The summed E-state index contributed by atoms with van der Waals surface area (Å²) in [4.78, 5) is 12.9. The number of carbonyl (C=O) groups excluding carboxylic acids is 1. The van der Waals surface area contributed by atoms with Crippen LogP contribution in [0, 0.1) is 0 Å². The minimum absolute atomic E-state index is 0.126. The summed E-state index contributed by atoms with van der Waals surface area (Å²) in [6.45, 7) is 4.42. The van der Waals surface area contributed by atoms with Gasteiger partial charge in [-0.25, -0.2) is 0 Å². The summed E-state index contributed by atoms with van der Waals surface area (Å²) in [6, 6.07) is 0. The summed E-state index contributed by atoms with van der Waals surface area (Å²) in [6.07, 6.45) is 61.0. The zero-order valence-electron chi connectivity index (χ0n) is 44.3. The number of unbranched alkanes of at least 4 members (excludes halogenated alkanes) is 26. The molecule has 1 aliphatic rings. The third-order valence-electron chi connectivity index (χ3n) is 12.9. The second-order valence-corrected chi connectivity index (χ2v) is 19.4. The number of aliphatic hydroxyl groups excluding tert-OH is 4. The SMILES string of the molecule is CC/C=C\C/C=C\C/C=C\C/C=C\C/C=C\C/C=C\CCCCC(=O)OC(COCCCCCCCCCCCCCCCCCCCCCCCCCCC)COC1OC(CO)C(O)C(O)C1O. The molecule has 400 valence electrons.